The summed E-state index contributed by atoms with van der Waals surface area (Å²) >= 11 is 0. The van der Waals surface area contributed by atoms with E-state index in [4.69, 9.17) is 0 Å². The molecule has 1 aliphatic carbocycles. The Labute approximate surface area is 131 Å². The zero-order valence-corrected chi connectivity index (χ0v) is 14.7. The molecule has 0 spiro atoms. The Bertz CT molecular complexity index is 550. The molecule has 114 valence electrons. The average Bonchev–Trinajstić information content (AvgIpc) is 2.85. The molecule has 1 aromatic rings. The normalized spacial score (nSPS) is 29.4. The summed E-state index contributed by atoms with van der Waals surface area (Å²) in [6, 6.07) is 7.66. The predicted octanol–water partition coefficient (Wildman–Crippen LogP) is 4.91. The van der Waals surface area contributed by atoms with Crippen molar-refractivity contribution in [3.05, 3.63) is 47.2 Å². The average molecular weight is 301 g/mol. The van der Waals surface area contributed by atoms with Crippen molar-refractivity contribution < 1.29 is 0 Å². The van der Waals surface area contributed by atoms with Crippen LogP contribution in [0, 0.1) is 12.3 Å². The summed E-state index contributed by atoms with van der Waals surface area (Å²) < 4.78 is 0. The van der Waals surface area contributed by atoms with Crippen LogP contribution in [0.4, 0.5) is 0 Å². The second-order valence-corrected chi connectivity index (χ2v) is 8.36. The van der Waals surface area contributed by atoms with E-state index in [0.29, 0.717) is 11.5 Å². The van der Waals surface area contributed by atoms with Crippen molar-refractivity contribution in [1.29, 1.82) is 0 Å². The highest BCUT2D eigenvalue weighted by atomic mass is 31.1. The Balaban J connectivity index is 2.00. The van der Waals surface area contributed by atoms with Crippen LogP contribution in [0.15, 0.2) is 30.5 Å². The lowest BCUT2D eigenvalue weighted by Gasteiger charge is -2.44. The third kappa shape index (κ3) is 2.90. The molecule has 1 heterocycles. The third-order valence-electron chi connectivity index (χ3n) is 5.21. The van der Waals surface area contributed by atoms with E-state index in [1.807, 2.05) is 0 Å². The second-order valence-electron chi connectivity index (χ2n) is 7.30. The number of nitrogens with zero attached hydrogens (tertiary/aromatic N) is 1. The van der Waals surface area contributed by atoms with Gasteiger partial charge >= 0.3 is 0 Å². The Hall–Kier alpha value is -0.810. The molecule has 1 saturated heterocycles. The molecule has 1 nitrogen and oxygen atoms in total. The summed E-state index contributed by atoms with van der Waals surface area (Å²) in [4.78, 5) is 2.61. The van der Waals surface area contributed by atoms with Gasteiger partial charge in [-0.2, -0.15) is 0 Å². The van der Waals surface area contributed by atoms with Gasteiger partial charge in [-0.25, -0.2) is 0 Å². The first kappa shape index (κ1) is 15.1. The molecule has 0 bridgehead atoms. The van der Waals surface area contributed by atoms with Crippen LogP contribution in [-0.4, -0.2) is 24.3 Å². The van der Waals surface area contributed by atoms with E-state index in [1.54, 1.807) is 11.1 Å². The van der Waals surface area contributed by atoms with Crippen LogP contribution >= 0.6 is 8.58 Å². The highest BCUT2D eigenvalue weighted by Crippen LogP contribution is 2.48. The third-order valence-corrected chi connectivity index (χ3v) is 6.42. The topological polar surface area (TPSA) is 3.24 Å². The Morgan fingerprint density at radius 2 is 2.24 bits per heavy atom. The number of likely N-dealkylation sites (tertiary alicyclic amines) is 1. The molecule has 0 aromatic heterocycles. The summed E-state index contributed by atoms with van der Waals surface area (Å²) in [5, 5.41) is 0. The summed E-state index contributed by atoms with van der Waals surface area (Å²) in [6.45, 7) is 12.6. The van der Waals surface area contributed by atoms with Crippen LogP contribution in [0.2, 0.25) is 0 Å². The SMILES string of the molecule is C=C1CCCN1C1CC(C)(CPC)Cc2ccc(C)cc21. The molecule has 3 atom stereocenters. The van der Waals surface area contributed by atoms with E-state index in [9.17, 15) is 0 Å². The van der Waals surface area contributed by atoms with Gasteiger partial charge in [-0.15, -0.1) is 8.58 Å². The lowest BCUT2D eigenvalue weighted by atomic mass is 9.71. The van der Waals surface area contributed by atoms with Gasteiger partial charge in [0.15, 0.2) is 0 Å². The minimum Gasteiger partial charge on any atom is -0.368 e. The molecule has 0 amide bonds. The number of hydrogen-bond donors (Lipinski definition) is 0. The standard InChI is InChI=1S/C19H28NP/c1-14-7-8-16-11-19(3,13-21-4)12-18(17(16)10-14)20-9-5-6-15(20)2/h7-8,10,18,21H,2,5-6,9,11-13H2,1,3-4H3. The number of benzene rings is 1. The quantitative estimate of drug-likeness (QED) is 0.717. The Kier molecular flexibility index (Phi) is 4.14. The molecule has 0 saturated carbocycles. The van der Waals surface area contributed by atoms with E-state index in [-0.39, 0.29) is 0 Å². The van der Waals surface area contributed by atoms with Crippen LogP contribution in [0.25, 0.3) is 0 Å². The van der Waals surface area contributed by atoms with Gasteiger partial charge in [-0.3, -0.25) is 0 Å². The number of fused-ring (bicyclic) bond motifs is 1. The van der Waals surface area contributed by atoms with Gasteiger partial charge in [0.2, 0.25) is 0 Å². The minimum atomic E-state index is 0.461. The summed E-state index contributed by atoms with van der Waals surface area (Å²) in [7, 11) is 1.05. The lowest BCUT2D eigenvalue weighted by molar-refractivity contribution is 0.178. The fourth-order valence-corrected chi connectivity index (χ4v) is 5.39. The molecule has 2 heteroatoms. The molecule has 1 fully saturated rings. The maximum absolute atomic E-state index is 4.33. The zero-order valence-electron chi connectivity index (χ0n) is 13.7. The van der Waals surface area contributed by atoms with Gasteiger partial charge in [0.1, 0.15) is 0 Å². The summed E-state index contributed by atoms with van der Waals surface area (Å²) in [5.41, 5.74) is 6.37. The predicted molar refractivity (Wildman–Crippen MR) is 94.5 cm³/mol. The molecule has 3 rings (SSSR count). The molecule has 0 radical (unpaired) electrons. The van der Waals surface area contributed by atoms with Gasteiger partial charge in [0, 0.05) is 12.2 Å². The van der Waals surface area contributed by atoms with Gasteiger partial charge in [-0.1, -0.05) is 37.3 Å². The van der Waals surface area contributed by atoms with Gasteiger partial charge in [0.05, 0.1) is 6.04 Å². The first-order valence-electron chi connectivity index (χ1n) is 8.21. The van der Waals surface area contributed by atoms with E-state index in [2.05, 4.69) is 50.2 Å². The van der Waals surface area contributed by atoms with Gasteiger partial charge < -0.3 is 4.90 Å². The smallest absolute Gasteiger partial charge is 0.0547 e. The van der Waals surface area contributed by atoms with Crippen molar-refractivity contribution in [2.45, 2.75) is 45.6 Å². The first-order valence-corrected chi connectivity index (χ1v) is 9.91. The lowest BCUT2D eigenvalue weighted by Crippen LogP contribution is -2.37. The van der Waals surface area contributed by atoms with Crippen LogP contribution in [0.1, 0.15) is 48.9 Å². The maximum Gasteiger partial charge on any atom is 0.0547 e. The van der Waals surface area contributed by atoms with Gasteiger partial charge in [-0.05, 0) is 62.0 Å². The van der Waals surface area contributed by atoms with E-state index in [1.165, 1.54) is 49.7 Å². The molecule has 21 heavy (non-hydrogen) atoms. The van der Waals surface area contributed by atoms with Crippen LogP contribution in [0.5, 0.6) is 0 Å². The Morgan fingerprint density at radius 1 is 1.43 bits per heavy atom. The summed E-state index contributed by atoms with van der Waals surface area (Å²) in [6.07, 6.45) is 6.37. The van der Waals surface area contributed by atoms with Crippen molar-refractivity contribution in [2.75, 3.05) is 19.4 Å². The molecular weight excluding hydrogens is 273 g/mol. The highest BCUT2D eigenvalue weighted by Gasteiger charge is 2.38. The van der Waals surface area contributed by atoms with Crippen molar-refractivity contribution >= 4 is 8.58 Å². The fourth-order valence-electron chi connectivity index (χ4n) is 4.27. The van der Waals surface area contributed by atoms with Crippen molar-refractivity contribution in [3.8, 4) is 0 Å². The van der Waals surface area contributed by atoms with Crippen molar-refractivity contribution in [3.63, 3.8) is 0 Å². The molecule has 1 aromatic carbocycles. The van der Waals surface area contributed by atoms with Crippen LogP contribution in [-0.2, 0) is 6.42 Å². The second kappa shape index (κ2) is 5.76. The Morgan fingerprint density at radius 3 is 2.90 bits per heavy atom. The van der Waals surface area contributed by atoms with E-state index in [0.717, 1.165) is 8.58 Å². The molecule has 2 aliphatic rings. The first-order chi connectivity index (χ1) is 10.0. The zero-order chi connectivity index (χ0) is 15.0. The number of allylic oxidation sites excluding steroid dienone is 1. The maximum atomic E-state index is 4.33. The van der Waals surface area contributed by atoms with E-state index < -0.39 is 0 Å². The molecule has 0 N–H and O–H groups in total. The molecule has 3 unspecified atom stereocenters. The van der Waals surface area contributed by atoms with Crippen LogP contribution < -0.4 is 0 Å². The highest BCUT2D eigenvalue weighted by molar-refractivity contribution is 7.37. The van der Waals surface area contributed by atoms with Crippen molar-refractivity contribution in [2.24, 2.45) is 5.41 Å². The number of rotatable bonds is 3. The van der Waals surface area contributed by atoms with E-state index >= 15 is 0 Å². The minimum absolute atomic E-state index is 0.461. The molecule has 1 aliphatic heterocycles. The van der Waals surface area contributed by atoms with Gasteiger partial charge in [0.25, 0.3) is 0 Å². The fraction of sp³-hybridized carbons (Fsp3) is 0.579. The number of hydrogen-bond acceptors (Lipinski definition) is 1. The van der Waals surface area contributed by atoms with Crippen LogP contribution in [0.3, 0.4) is 0 Å². The largest absolute Gasteiger partial charge is 0.368 e. The molecular formula is C19H28NP. The number of aryl methyl sites for hydroxylation is 1. The van der Waals surface area contributed by atoms with Crippen molar-refractivity contribution in [1.82, 2.24) is 4.90 Å². The summed E-state index contributed by atoms with van der Waals surface area (Å²) in [5.74, 6) is 0. The monoisotopic (exact) mass is 301 g/mol.